The number of carbonyl (C=O) groups is 1. The summed E-state index contributed by atoms with van der Waals surface area (Å²) >= 11 is 6.05. The first-order valence-corrected chi connectivity index (χ1v) is 12.5. The van der Waals surface area contributed by atoms with Crippen molar-refractivity contribution in [2.45, 2.75) is 90.3 Å². The van der Waals surface area contributed by atoms with Gasteiger partial charge in [-0.2, -0.15) is 13.2 Å². The van der Waals surface area contributed by atoms with Crippen LogP contribution in [0.1, 0.15) is 64.5 Å². The summed E-state index contributed by atoms with van der Waals surface area (Å²) in [6.07, 6.45) is 0.401. The van der Waals surface area contributed by atoms with Gasteiger partial charge < -0.3 is 20.3 Å². The standard InChI is InChI=1S/C25H33ClF3N5O2/c1-5-20-10-22(11-21(6-2)34(20)24(35)36-15(3)4)33(23-31-12-19(30)13-32-23)14-16-7-17(25(27,28)29)9-18(26)8-16/h7-9,12-13,15,20-22H,5-6,10-11,14,30H2,1-4H3/t20-,21?,22?/m0/s1. The number of hydrogen-bond donors (Lipinski definition) is 1. The van der Waals surface area contributed by atoms with Gasteiger partial charge in [0, 0.05) is 29.7 Å². The van der Waals surface area contributed by atoms with E-state index in [2.05, 4.69) is 9.97 Å². The molecule has 0 aliphatic carbocycles. The maximum Gasteiger partial charge on any atom is 0.416 e. The molecule has 1 amide bonds. The summed E-state index contributed by atoms with van der Waals surface area (Å²) in [5.41, 5.74) is 5.73. The quantitative estimate of drug-likeness (QED) is 0.454. The molecule has 0 saturated carbocycles. The summed E-state index contributed by atoms with van der Waals surface area (Å²) in [4.78, 5) is 25.4. The van der Waals surface area contributed by atoms with E-state index in [4.69, 9.17) is 22.1 Å². The van der Waals surface area contributed by atoms with Gasteiger partial charge in [-0.15, -0.1) is 0 Å². The highest BCUT2D eigenvalue weighted by atomic mass is 35.5. The molecular weight excluding hydrogens is 495 g/mol. The second-order valence-electron chi connectivity index (χ2n) is 9.38. The predicted molar refractivity (Wildman–Crippen MR) is 134 cm³/mol. The van der Waals surface area contributed by atoms with Gasteiger partial charge in [0.2, 0.25) is 5.95 Å². The molecule has 1 aromatic heterocycles. The fraction of sp³-hybridized carbons (Fsp3) is 0.560. The second-order valence-corrected chi connectivity index (χ2v) is 9.82. The Kier molecular flexibility index (Phi) is 8.92. The smallest absolute Gasteiger partial charge is 0.416 e. The van der Waals surface area contributed by atoms with Crippen LogP contribution in [0, 0.1) is 0 Å². The number of nitrogens with two attached hydrogens (primary N) is 1. The van der Waals surface area contributed by atoms with Crippen molar-refractivity contribution in [1.29, 1.82) is 0 Å². The lowest BCUT2D eigenvalue weighted by Gasteiger charge is -2.47. The molecule has 0 bridgehead atoms. The van der Waals surface area contributed by atoms with Crippen LogP contribution in [0.15, 0.2) is 30.6 Å². The summed E-state index contributed by atoms with van der Waals surface area (Å²) in [6, 6.07) is 3.17. The van der Waals surface area contributed by atoms with E-state index < -0.39 is 11.7 Å². The molecule has 0 spiro atoms. The van der Waals surface area contributed by atoms with Crippen molar-refractivity contribution in [3.63, 3.8) is 0 Å². The summed E-state index contributed by atoms with van der Waals surface area (Å²) in [5.74, 6) is 0.352. The highest BCUT2D eigenvalue weighted by Crippen LogP contribution is 2.35. The van der Waals surface area contributed by atoms with Crippen LogP contribution < -0.4 is 10.6 Å². The molecule has 2 heterocycles. The first-order valence-electron chi connectivity index (χ1n) is 12.1. The molecule has 1 aromatic carbocycles. The summed E-state index contributed by atoms with van der Waals surface area (Å²) < 4.78 is 45.9. The molecule has 1 saturated heterocycles. The van der Waals surface area contributed by atoms with Crippen molar-refractivity contribution < 1.29 is 22.7 Å². The number of piperidine rings is 1. The van der Waals surface area contributed by atoms with Crippen LogP contribution in [0.5, 0.6) is 0 Å². The Morgan fingerprint density at radius 2 is 1.75 bits per heavy atom. The molecule has 7 nitrogen and oxygen atoms in total. The number of anilines is 2. The van der Waals surface area contributed by atoms with Crippen molar-refractivity contribution in [2.24, 2.45) is 0 Å². The number of benzene rings is 1. The van der Waals surface area contributed by atoms with E-state index in [1.807, 2.05) is 37.5 Å². The van der Waals surface area contributed by atoms with Gasteiger partial charge in [0.05, 0.1) is 29.7 Å². The van der Waals surface area contributed by atoms with E-state index >= 15 is 0 Å². The van der Waals surface area contributed by atoms with Crippen LogP contribution in [0.4, 0.5) is 29.6 Å². The topological polar surface area (TPSA) is 84.6 Å². The van der Waals surface area contributed by atoms with Crippen molar-refractivity contribution >= 4 is 29.3 Å². The Hall–Kier alpha value is -2.75. The molecule has 198 valence electrons. The van der Waals surface area contributed by atoms with Crippen LogP contribution >= 0.6 is 11.6 Å². The number of likely N-dealkylation sites (tertiary alicyclic amines) is 1. The fourth-order valence-corrected chi connectivity index (χ4v) is 4.99. The minimum atomic E-state index is -4.52. The molecule has 1 aliphatic heterocycles. The molecule has 2 N–H and O–H groups in total. The van der Waals surface area contributed by atoms with Gasteiger partial charge in [0.15, 0.2) is 0 Å². The normalized spacial score (nSPS) is 20.5. The zero-order chi connectivity index (χ0) is 26.6. The Balaban J connectivity index is 1.98. The zero-order valence-electron chi connectivity index (χ0n) is 20.9. The van der Waals surface area contributed by atoms with Crippen LogP contribution in [0.25, 0.3) is 0 Å². The Morgan fingerprint density at radius 3 is 2.25 bits per heavy atom. The summed E-state index contributed by atoms with van der Waals surface area (Å²) in [7, 11) is 0. The zero-order valence-corrected chi connectivity index (χ0v) is 21.7. The maximum absolute atomic E-state index is 13.5. The first kappa shape index (κ1) is 27.8. The van der Waals surface area contributed by atoms with Crippen molar-refractivity contribution in [3.8, 4) is 0 Å². The van der Waals surface area contributed by atoms with E-state index in [1.165, 1.54) is 18.5 Å². The first-order chi connectivity index (χ1) is 16.9. The number of nitrogens with zero attached hydrogens (tertiary/aromatic N) is 4. The average molecular weight is 528 g/mol. The minimum absolute atomic E-state index is 0.00196. The molecule has 36 heavy (non-hydrogen) atoms. The molecule has 1 fully saturated rings. The van der Waals surface area contributed by atoms with Crippen LogP contribution in [0.2, 0.25) is 5.02 Å². The molecular formula is C25H33ClF3N5O2. The SMILES string of the molecule is CCC1CC(N(Cc2cc(Cl)cc(C(F)(F)F)c2)c2ncc(N)cn2)C[C@H](CC)N1C(=O)OC(C)C. The summed E-state index contributed by atoms with van der Waals surface area (Å²) in [5, 5.41) is 0.00196. The van der Waals surface area contributed by atoms with E-state index in [-0.39, 0.29) is 41.9 Å². The van der Waals surface area contributed by atoms with Crippen LogP contribution in [-0.4, -0.2) is 45.2 Å². The molecule has 0 radical (unpaired) electrons. The van der Waals surface area contributed by atoms with Crippen molar-refractivity contribution in [2.75, 3.05) is 10.6 Å². The van der Waals surface area contributed by atoms with Gasteiger partial charge in [-0.05, 0) is 63.3 Å². The molecule has 3 atom stereocenters. The largest absolute Gasteiger partial charge is 0.447 e. The minimum Gasteiger partial charge on any atom is -0.447 e. The third-order valence-corrected chi connectivity index (χ3v) is 6.58. The van der Waals surface area contributed by atoms with Gasteiger partial charge in [0.1, 0.15) is 0 Å². The molecule has 2 unspecified atom stereocenters. The van der Waals surface area contributed by atoms with Gasteiger partial charge >= 0.3 is 12.3 Å². The van der Waals surface area contributed by atoms with Crippen molar-refractivity contribution in [1.82, 2.24) is 14.9 Å². The second kappa shape index (κ2) is 11.5. The lowest BCUT2D eigenvalue weighted by molar-refractivity contribution is -0.137. The number of aromatic nitrogens is 2. The monoisotopic (exact) mass is 527 g/mol. The number of alkyl halides is 3. The highest BCUT2D eigenvalue weighted by molar-refractivity contribution is 6.30. The number of hydrogen-bond acceptors (Lipinski definition) is 6. The van der Waals surface area contributed by atoms with Gasteiger partial charge in [0.25, 0.3) is 0 Å². The van der Waals surface area contributed by atoms with Crippen LogP contribution in [-0.2, 0) is 17.5 Å². The van der Waals surface area contributed by atoms with Gasteiger partial charge in [-0.25, -0.2) is 14.8 Å². The van der Waals surface area contributed by atoms with Gasteiger partial charge in [-0.3, -0.25) is 0 Å². The number of ether oxygens (including phenoxy) is 1. The van der Waals surface area contributed by atoms with Crippen LogP contribution in [0.3, 0.4) is 0 Å². The third kappa shape index (κ3) is 6.72. The van der Waals surface area contributed by atoms with E-state index in [0.29, 0.717) is 42.9 Å². The highest BCUT2D eigenvalue weighted by Gasteiger charge is 2.41. The lowest BCUT2D eigenvalue weighted by atomic mass is 9.87. The molecule has 1 aliphatic rings. The lowest BCUT2D eigenvalue weighted by Crippen LogP contribution is -2.57. The van der Waals surface area contributed by atoms with E-state index in [1.54, 1.807) is 0 Å². The van der Waals surface area contributed by atoms with Crippen molar-refractivity contribution in [3.05, 3.63) is 46.7 Å². The maximum atomic E-state index is 13.5. The Labute approximate surface area is 214 Å². The average Bonchev–Trinajstić information content (AvgIpc) is 2.81. The Morgan fingerprint density at radius 1 is 1.17 bits per heavy atom. The Bertz CT molecular complexity index is 1020. The molecule has 3 rings (SSSR count). The number of halogens is 4. The number of rotatable bonds is 7. The number of nitrogen functional groups attached to an aromatic ring is 1. The van der Waals surface area contributed by atoms with E-state index in [0.717, 1.165) is 12.1 Å². The number of carbonyl (C=O) groups excluding carboxylic acids is 1. The summed E-state index contributed by atoms with van der Waals surface area (Å²) in [6.45, 7) is 7.75. The van der Waals surface area contributed by atoms with E-state index in [9.17, 15) is 18.0 Å². The molecule has 11 heteroatoms. The predicted octanol–water partition coefficient (Wildman–Crippen LogP) is 6.30. The number of amides is 1. The van der Waals surface area contributed by atoms with Gasteiger partial charge in [-0.1, -0.05) is 25.4 Å². The fourth-order valence-electron chi connectivity index (χ4n) is 4.74. The third-order valence-electron chi connectivity index (χ3n) is 6.36. The molecule has 2 aromatic rings.